The average molecular weight is 268 g/mol. The third-order valence-electron chi connectivity index (χ3n) is 3.80. The minimum absolute atomic E-state index is 0.547. The zero-order valence-electron chi connectivity index (χ0n) is 12.9. The normalized spacial score (nSPS) is 12.4. The Bertz CT molecular complexity index is 558. The molecule has 20 heavy (non-hydrogen) atoms. The summed E-state index contributed by atoms with van der Waals surface area (Å²) in [4.78, 5) is 4.74. The lowest BCUT2D eigenvalue weighted by Crippen LogP contribution is -2.24. The molecule has 2 nitrogen and oxygen atoms in total. The third-order valence-corrected chi connectivity index (χ3v) is 3.80. The minimum Gasteiger partial charge on any atom is -0.310 e. The zero-order valence-corrected chi connectivity index (χ0v) is 12.9. The molecule has 0 fully saturated rings. The second-order valence-electron chi connectivity index (χ2n) is 5.50. The van der Waals surface area contributed by atoms with Gasteiger partial charge in [-0.25, -0.2) is 0 Å². The summed E-state index contributed by atoms with van der Waals surface area (Å²) in [5.41, 5.74) is 5.90. The third kappa shape index (κ3) is 3.67. The monoisotopic (exact) mass is 268 g/mol. The maximum atomic E-state index is 4.74. The van der Waals surface area contributed by atoms with Gasteiger partial charge in [0.05, 0.1) is 5.69 Å². The Morgan fingerprint density at radius 3 is 2.35 bits per heavy atom. The van der Waals surface area contributed by atoms with Gasteiger partial charge in [0.15, 0.2) is 0 Å². The van der Waals surface area contributed by atoms with E-state index in [1.807, 2.05) is 0 Å². The molecule has 1 heterocycles. The largest absolute Gasteiger partial charge is 0.310 e. The Morgan fingerprint density at radius 2 is 1.75 bits per heavy atom. The summed E-state index contributed by atoms with van der Waals surface area (Å²) in [6, 6.07) is 13.4. The van der Waals surface area contributed by atoms with E-state index in [-0.39, 0.29) is 0 Å². The maximum absolute atomic E-state index is 4.74. The van der Waals surface area contributed by atoms with Gasteiger partial charge in [0.25, 0.3) is 0 Å². The molecule has 2 rings (SSSR count). The van der Waals surface area contributed by atoms with Crippen LogP contribution in [0.2, 0.25) is 0 Å². The first kappa shape index (κ1) is 14.7. The molecule has 0 aliphatic rings. The number of benzene rings is 1. The maximum Gasteiger partial charge on any atom is 0.0705 e. The lowest BCUT2D eigenvalue weighted by atomic mass is 10.1. The van der Waals surface area contributed by atoms with Gasteiger partial charge in [0, 0.05) is 23.8 Å². The van der Waals surface area contributed by atoms with Gasteiger partial charge >= 0.3 is 0 Å². The molecule has 106 valence electrons. The van der Waals surface area contributed by atoms with Gasteiger partial charge in [-0.3, -0.25) is 4.98 Å². The fourth-order valence-electron chi connectivity index (χ4n) is 2.09. The summed E-state index contributed by atoms with van der Waals surface area (Å²) in [5.74, 6) is 0. The molecule has 0 radical (unpaired) electrons. The number of aromatic nitrogens is 1. The van der Waals surface area contributed by atoms with Crippen molar-refractivity contribution in [3.63, 3.8) is 0 Å². The molecule has 0 saturated carbocycles. The lowest BCUT2D eigenvalue weighted by molar-refractivity contribution is 0.532. The minimum atomic E-state index is 0.547. The van der Waals surface area contributed by atoms with Gasteiger partial charge < -0.3 is 5.32 Å². The molecule has 0 spiro atoms. The quantitative estimate of drug-likeness (QED) is 0.876. The van der Waals surface area contributed by atoms with Crippen LogP contribution >= 0.6 is 0 Å². The second-order valence-corrected chi connectivity index (χ2v) is 5.50. The van der Waals surface area contributed by atoms with E-state index in [1.54, 1.807) is 0 Å². The van der Waals surface area contributed by atoms with Crippen molar-refractivity contribution in [1.29, 1.82) is 0 Å². The fraction of sp³-hybridized carbons (Fsp3) is 0.389. The first-order valence-corrected chi connectivity index (χ1v) is 7.37. The summed E-state index contributed by atoms with van der Waals surface area (Å²) in [7, 11) is 0. The number of nitrogens with one attached hydrogen (secondary N) is 1. The molecule has 2 heteroatoms. The van der Waals surface area contributed by atoms with Crippen LogP contribution in [0.3, 0.4) is 0 Å². The summed E-state index contributed by atoms with van der Waals surface area (Å²) in [6.45, 7) is 9.49. The molecule has 0 saturated heterocycles. The summed E-state index contributed by atoms with van der Waals surface area (Å²) in [5, 5.41) is 3.52. The second kappa shape index (κ2) is 6.67. The van der Waals surface area contributed by atoms with E-state index >= 15 is 0 Å². The van der Waals surface area contributed by atoms with Crippen LogP contribution in [0.25, 0.3) is 11.3 Å². The predicted octanol–water partition coefficient (Wildman–Crippen LogP) is 4.25. The van der Waals surface area contributed by atoms with E-state index in [1.165, 1.54) is 16.7 Å². The molecular formula is C18H24N2. The standard InChI is InChI=1S/C18H24N2/c1-5-14(3)19-12-17-10-11-18(20-15(17)4)16-8-6-13(2)7-9-16/h6-11,14,19H,5,12H2,1-4H3. The summed E-state index contributed by atoms with van der Waals surface area (Å²) in [6.07, 6.45) is 1.15. The van der Waals surface area contributed by atoms with Gasteiger partial charge in [-0.15, -0.1) is 0 Å². The van der Waals surface area contributed by atoms with Crippen LogP contribution in [0.1, 0.15) is 37.1 Å². The number of nitrogens with zero attached hydrogens (tertiary/aromatic N) is 1. The number of hydrogen-bond donors (Lipinski definition) is 1. The smallest absolute Gasteiger partial charge is 0.0705 e. The first-order valence-electron chi connectivity index (χ1n) is 7.37. The topological polar surface area (TPSA) is 24.9 Å². The van der Waals surface area contributed by atoms with E-state index in [9.17, 15) is 0 Å². The van der Waals surface area contributed by atoms with Gasteiger partial charge in [0.2, 0.25) is 0 Å². The molecule has 2 aromatic rings. The van der Waals surface area contributed by atoms with Crippen molar-refractivity contribution in [2.75, 3.05) is 0 Å². The highest BCUT2D eigenvalue weighted by atomic mass is 14.9. The van der Waals surface area contributed by atoms with E-state index in [0.717, 1.165) is 24.4 Å². The van der Waals surface area contributed by atoms with Crippen LogP contribution in [0.4, 0.5) is 0 Å². The van der Waals surface area contributed by atoms with Gasteiger partial charge in [-0.2, -0.15) is 0 Å². The van der Waals surface area contributed by atoms with Crippen LogP contribution in [-0.4, -0.2) is 11.0 Å². The van der Waals surface area contributed by atoms with Crippen LogP contribution in [0, 0.1) is 13.8 Å². The molecule has 0 aliphatic heterocycles. The van der Waals surface area contributed by atoms with Gasteiger partial charge in [-0.05, 0) is 38.8 Å². The van der Waals surface area contributed by atoms with Crippen molar-refractivity contribution >= 4 is 0 Å². The van der Waals surface area contributed by atoms with Crippen molar-refractivity contribution in [2.45, 2.75) is 46.7 Å². The summed E-state index contributed by atoms with van der Waals surface area (Å²) < 4.78 is 0. The zero-order chi connectivity index (χ0) is 14.5. The van der Waals surface area contributed by atoms with Gasteiger partial charge in [-0.1, -0.05) is 42.8 Å². The molecular weight excluding hydrogens is 244 g/mol. The number of hydrogen-bond acceptors (Lipinski definition) is 2. The number of aryl methyl sites for hydroxylation is 2. The SMILES string of the molecule is CCC(C)NCc1ccc(-c2ccc(C)cc2)nc1C. The Kier molecular flexibility index (Phi) is 4.91. The predicted molar refractivity (Wildman–Crippen MR) is 85.7 cm³/mol. The Balaban J connectivity index is 2.15. The summed E-state index contributed by atoms with van der Waals surface area (Å²) >= 11 is 0. The number of pyridine rings is 1. The van der Waals surface area contributed by atoms with Crippen molar-refractivity contribution in [1.82, 2.24) is 10.3 Å². The van der Waals surface area contributed by atoms with Crippen LogP contribution < -0.4 is 5.32 Å². The molecule has 1 N–H and O–H groups in total. The highest BCUT2D eigenvalue weighted by Crippen LogP contribution is 2.19. The van der Waals surface area contributed by atoms with E-state index < -0.39 is 0 Å². The van der Waals surface area contributed by atoms with E-state index in [2.05, 4.69) is 69.4 Å². The van der Waals surface area contributed by atoms with E-state index in [0.29, 0.717) is 6.04 Å². The van der Waals surface area contributed by atoms with Crippen molar-refractivity contribution < 1.29 is 0 Å². The molecule has 1 aromatic carbocycles. The molecule has 0 amide bonds. The highest BCUT2D eigenvalue weighted by molar-refractivity contribution is 5.60. The Labute approximate surface area is 122 Å². The Hall–Kier alpha value is -1.67. The molecule has 0 bridgehead atoms. The van der Waals surface area contributed by atoms with Crippen molar-refractivity contribution in [3.8, 4) is 11.3 Å². The molecule has 0 aliphatic carbocycles. The Morgan fingerprint density at radius 1 is 1.05 bits per heavy atom. The molecule has 1 unspecified atom stereocenters. The first-order chi connectivity index (χ1) is 9.60. The highest BCUT2D eigenvalue weighted by Gasteiger charge is 2.05. The van der Waals surface area contributed by atoms with Crippen LogP contribution in [0.15, 0.2) is 36.4 Å². The van der Waals surface area contributed by atoms with Gasteiger partial charge in [0.1, 0.15) is 0 Å². The fourth-order valence-corrected chi connectivity index (χ4v) is 2.09. The van der Waals surface area contributed by atoms with E-state index in [4.69, 9.17) is 4.98 Å². The van der Waals surface area contributed by atoms with Crippen molar-refractivity contribution in [2.24, 2.45) is 0 Å². The van der Waals surface area contributed by atoms with Crippen molar-refractivity contribution in [3.05, 3.63) is 53.2 Å². The van der Waals surface area contributed by atoms with Crippen LogP contribution in [-0.2, 0) is 6.54 Å². The number of rotatable bonds is 5. The lowest BCUT2D eigenvalue weighted by Gasteiger charge is -2.13. The average Bonchev–Trinajstić information content (AvgIpc) is 2.46. The molecule has 1 atom stereocenters. The molecule has 1 aromatic heterocycles. The van der Waals surface area contributed by atoms with Crippen LogP contribution in [0.5, 0.6) is 0 Å².